The van der Waals surface area contributed by atoms with E-state index in [9.17, 15) is 4.79 Å². The molecule has 1 amide bonds. The van der Waals surface area contributed by atoms with Gasteiger partial charge in [-0.1, -0.05) is 36.4 Å². The average molecular weight is 199 g/mol. The van der Waals surface area contributed by atoms with Crippen LogP contribution in [0.4, 0.5) is 0 Å². The monoisotopic (exact) mass is 199 g/mol. The first kappa shape index (κ1) is 9.71. The van der Waals surface area contributed by atoms with Crippen LogP contribution in [0.1, 0.15) is 18.5 Å². The van der Waals surface area contributed by atoms with Crippen LogP contribution in [0.5, 0.6) is 0 Å². The molecule has 0 saturated carbocycles. The molecular weight excluding hydrogens is 186 g/mol. The molecule has 1 N–H and O–H groups in total. The van der Waals surface area contributed by atoms with Crippen molar-refractivity contribution < 1.29 is 4.79 Å². The third kappa shape index (κ3) is 1.99. The van der Waals surface area contributed by atoms with Gasteiger partial charge in [-0.05, 0) is 29.3 Å². The predicted octanol–water partition coefficient (Wildman–Crippen LogP) is 2.65. The molecule has 0 heterocycles. The SMILES string of the molecule is C[C@H](NC=O)c1ccc2ccccc2c1. The van der Waals surface area contributed by atoms with Crippen molar-refractivity contribution in [1.82, 2.24) is 5.32 Å². The number of benzene rings is 2. The topological polar surface area (TPSA) is 29.1 Å². The second kappa shape index (κ2) is 4.13. The predicted molar refractivity (Wildman–Crippen MR) is 61.6 cm³/mol. The molecule has 0 radical (unpaired) electrons. The van der Waals surface area contributed by atoms with E-state index in [0.29, 0.717) is 0 Å². The average Bonchev–Trinajstić information content (AvgIpc) is 2.29. The molecule has 76 valence electrons. The standard InChI is InChI=1S/C13H13NO/c1-10(14-9-15)12-7-6-11-4-2-3-5-13(11)8-12/h2-10H,1H3,(H,14,15)/t10-/m0/s1. The Morgan fingerprint density at radius 2 is 1.87 bits per heavy atom. The van der Waals surface area contributed by atoms with Gasteiger partial charge < -0.3 is 5.32 Å². The van der Waals surface area contributed by atoms with Gasteiger partial charge in [0.15, 0.2) is 0 Å². The maximum Gasteiger partial charge on any atom is 0.207 e. The van der Waals surface area contributed by atoms with Crippen LogP contribution in [0.3, 0.4) is 0 Å². The number of carbonyl (C=O) groups is 1. The summed E-state index contributed by atoms with van der Waals surface area (Å²) < 4.78 is 0. The fourth-order valence-electron chi connectivity index (χ4n) is 1.68. The third-order valence-electron chi connectivity index (χ3n) is 2.59. The molecule has 0 unspecified atom stereocenters. The lowest BCUT2D eigenvalue weighted by molar-refractivity contribution is -0.110. The molecule has 0 aliphatic carbocycles. The Labute approximate surface area is 88.9 Å². The number of fused-ring (bicyclic) bond motifs is 1. The first-order chi connectivity index (χ1) is 7.31. The highest BCUT2D eigenvalue weighted by Gasteiger charge is 2.03. The molecule has 1 atom stereocenters. The minimum Gasteiger partial charge on any atom is -0.352 e. The summed E-state index contributed by atoms with van der Waals surface area (Å²) in [5.41, 5.74) is 1.13. The summed E-state index contributed by atoms with van der Waals surface area (Å²) in [5, 5.41) is 5.17. The number of rotatable bonds is 3. The summed E-state index contributed by atoms with van der Waals surface area (Å²) in [4.78, 5) is 10.3. The second-order valence-electron chi connectivity index (χ2n) is 3.61. The van der Waals surface area contributed by atoms with Gasteiger partial charge in [-0.15, -0.1) is 0 Å². The van der Waals surface area contributed by atoms with E-state index in [2.05, 4.69) is 29.6 Å². The quantitative estimate of drug-likeness (QED) is 0.756. The number of amides is 1. The number of hydrogen-bond acceptors (Lipinski definition) is 1. The largest absolute Gasteiger partial charge is 0.352 e. The summed E-state index contributed by atoms with van der Waals surface area (Å²) in [5.74, 6) is 0. The molecule has 2 aromatic rings. The fourth-order valence-corrected chi connectivity index (χ4v) is 1.68. The minimum atomic E-state index is 0.0621. The summed E-state index contributed by atoms with van der Waals surface area (Å²) >= 11 is 0. The van der Waals surface area contributed by atoms with Gasteiger partial charge in [0.25, 0.3) is 0 Å². The van der Waals surface area contributed by atoms with E-state index >= 15 is 0 Å². The van der Waals surface area contributed by atoms with E-state index in [0.717, 1.165) is 12.0 Å². The first-order valence-corrected chi connectivity index (χ1v) is 4.99. The van der Waals surface area contributed by atoms with E-state index in [1.54, 1.807) is 0 Å². The molecule has 0 bridgehead atoms. The van der Waals surface area contributed by atoms with Crippen molar-refractivity contribution in [1.29, 1.82) is 0 Å². The zero-order valence-corrected chi connectivity index (χ0v) is 8.60. The van der Waals surface area contributed by atoms with Crippen molar-refractivity contribution in [3.63, 3.8) is 0 Å². The summed E-state index contributed by atoms with van der Waals surface area (Å²) in [6, 6.07) is 14.5. The maximum atomic E-state index is 10.3. The highest BCUT2D eigenvalue weighted by molar-refractivity contribution is 5.83. The van der Waals surface area contributed by atoms with Crippen LogP contribution in [0.15, 0.2) is 42.5 Å². The molecule has 0 fully saturated rings. The van der Waals surface area contributed by atoms with Gasteiger partial charge in [-0.3, -0.25) is 4.79 Å². The van der Waals surface area contributed by atoms with Crippen LogP contribution >= 0.6 is 0 Å². The molecule has 0 aliphatic rings. The molecule has 2 nitrogen and oxygen atoms in total. The summed E-state index contributed by atoms with van der Waals surface area (Å²) in [6.45, 7) is 1.97. The molecule has 2 rings (SSSR count). The van der Waals surface area contributed by atoms with Crippen LogP contribution < -0.4 is 5.32 Å². The first-order valence-electron chi connectivity index (χ1n) is 4.99. The smallest absolute Gasteiger partial charge is 0.207 e. The van der Waals surface area contributed by atoms with E-state index in [-0.39, 0.29) is 6.04 Å². The summed E-state index contributed by atoms with van der Waals surface area (Å²) in [7, 11) is 0. The highest BCUT2D eigenvalue weighted by atomic mass is 16.1. The second-order valence-corrected chi connectivity index (χ2v) is 3.61. The Morgan fingerprint density at radius 1 is 1.13 bits per heavy atom. The normalized spacial score (nSPS) is 12.3. The summed E-state index contributed by atoms with van der Waals surface area (Å²) in [6.07, 6.45) is 0.736. The lowest BCUT2D eigenvalue weighted by atomic mass is 10.0. The minimum absolute atomic E-state index is 0.0621. The highest BCUT2D eigenvalue weighted by Crippen LogP contribution is 2.19. The Balaban J connectivity index is 2.42. The maximum absolute atomic E-state index is 10.3. The van der Waals surface area contributed by atoms with Crippen LogP contribution in [0, 0.1) is 0 Å². The van der Waals surface area contributed by atoms with Crippen molar-refractivity contribution in [2.45, 2.75) is 13.0 Å². The van der Waals surface area contributed by atoms with Crippen LogP contribution in [0.2, 0.25) is 0 Å². The van der Waals surface area contributed by atoms with Gasteiger partial charge in [-0.2, -0.15) is 0 Å². The molecular formula is C13H13NO. The molecule has 0 saturated heterocycles. The van der Waals surface area contributed by atoms with E-state index < -0.39 is 0 Å². The van der Waals surface area contributed by atoms with Crippen LogP contribution in [-0.4, -0.2) is 6.41 Å². The Morgan fingerprint density at radius 3 is 2.60 bits per heavy atom. The molecule has 2 heteroatoms. The van der Waals surface area contributed by atoms with Crippen LogP contribution in [0.25, 0.3) is 10.8 Å². The molecule has 0 aliphatic heterocycles. The third-order valence-corrected chi connectivity index (χ3v) is 2.59. The van der Waals surface area contributed by atoms with Crippen LogP contribution in [-0.2, 0) is 4.79 Å². The fraction of sp³-hybridized carbons (Fsp3) is 0.154. The number of carbonyl (C=O) groups excluding carboxylic acids is 1. The molecule has 0 spiro atoms. The van der Waals surface area contributed by atoms with Gasteiger partial charge in [0, 0.05) is 0 Å². The van der Waals surface area contributed by atoms with Crippen molar-refractivity contribution in [3.8, 4) is 0 Å². The van der Waals surface area contributed by atoms with E-state index in [1.165, 1.54) is 10.8 Å². The number of nitrogens with one attached hydrogen (secondary N) is 1. The van der Waals surface area contributed by atoms with Gasteiger partial charge in [0.1, 0.15) is 0 Å². The van der Waals surface area contributed by atoms with Crippen molar-refractivity contribution in [3.05, 3.63) is 48.0 Å². The zero-order chi connectivity index (χ0) is 10.7. The Kier molecular flexibility index (Phi) is 2.68. The van der Waals surface area contributed by atoms with Crippen molar-refractivity contribution >= 4 is 17.2 Å². The van der Waals surface area contributed by atoms with Gasteiger partial charge in [0.2, 0.25) is 6.41 Å². The van der Waals surface area contributed by atoms with E-state index in [4.69, 9.17) is 0 Å². The van der Waals surface area contributed by atoms with Gasteiger partial charge in [-0.25, -0.2) is 0 Å². The Hall–Kier alpha value is -1.83. The van der Waals surface area contributed by atoms with Crippen molar-refractivity contribution in [2.24, 2.45) is 0 Å². The van der Waals surface area contributed by atoms with Gasteiger partial charge in [0.05, 0.1) is 6.04 Å². The number of hydrogen-bond donors (Lipinski definition) is 1. The zero-order valence-electron chi connectivity index (χ0n) is 8.60. The molecule has 15 heavy (non-hydrogen) atoms. The van der Waals surface area contributed by atoms with Gasteiger partial charge >= 0.3 is 0 Å². The lowest BCUT2D eigenvalue weighted by Crippen LogP contribution is -2.15. The van der Waals surface area contributed by atoms with E-state index in [1.807, 2.05) is 25.1 Å². The molecule has 2 aromatic carbocycles. The Bertz CT molecular complexity index is 479. The molecule has 0 aromatic heterocycles. The van der Waals surface area contributed by atoms with Crippen molar-refractivity contribution in [2.75, 3.05) is 0 Å². The lowest BCUT2D eigenvalue weighted by Gasteiger charge is -2.11.